The van der Waals surface area contributed by atoms with Crippen molar-refractivity contribution >= 4 is 28.4 Å². The van der Waals surface area contributed by atoms with Gasteiger partial charge in [-0.15, -0.1) is 0 Å². The van der Waals surface area contributed by atoms with Crippen LogP contribution in [0.5, 0.6) is 5.75 Å². The molecule has 2 aromatic rings. The number of hydrogen-bond acceptors (Lipinski definition) is 5. The Labute approximate surface area is 206 Å². The second-order valence-electron chi connectivity index (χ2n) is 10.1. The van der Waals surface area contributed by atoms with Gasteiger partial charge in [0.2, 0.25) is 5.91 Å². The minimum absolute atomic E-state index is 0.0813. The first kappa shape index (κ1) is 25.0. The highest BCUT2D eigenvalue weighted by atomic mass is 16.5. The van der Waals surface area contributed by atoms with Crippen molar-refractivity contribution in [3.05, 3.63) is 30.0 Å². The maximum atomic E-state index is 13.4. The first-order valence-corrected chi connectivity index (χ1v) is 12.9. The maximum absolute atomic E-state index is 13.4. The van der Waals surface area contributed by atoms with Crippen LogP contribution in [-0.4, -0.2) is 35.6 Å². The molecular weight excluding hydrogens is 442 g/mol. The number of nitrogens with one attached hydrogen (secondary N) is 2. The summed E-state index contributed by atoms with van der Waals surface area (Å²) < 4.78 is 5.41. The molecule has 186 valence electrons. The van der Waals surface area contributed by atoms with Gasteiger partial charge in [-0.25, -0.2) is 0 Å². The van der Waals surface area contributed by atoms with Gasteiger partial charge in [-0.05, 0) is 49.8 Å². The first-order chi connectivity index (χ1) is 17.0. The molecule has 2 aliphatic rings. The van der Waals surface area contributed by atoms with E-state index in [1.54, 1.807) is 13.2 Å². The molecule has 1 aromatic carbocycles. The molecule has 2 N–H and O–H groups in total. The summed E-state index contributed by atoms with van der Waals surface area (Å²) >= 11 is 0. The van der Waals surface area contributed by atoms with Crippen LogP contribution in [0, 0.1) is 29.1 Å². The van der Waals surface area contributed by atoms with Crippen molar-refractivity contribution in [3.8, 4) is 11.8 Å². The Kier molecular flexibility index (Phi) is 8.22. The lowest BCUT2D eigenvalue weighted by Crippen LogP contribution is -2.41. The first-order valence-electron chi connectivity index (χ1n) is 12.9. The molecule has 7 nitrogen and oxygen atoms in total. The van der Waals surface area contributed by atoms with E-state index in [-0.39, 0.29) is 29.8 Å². The summed E-state index contributed by atoms with van der Waals surface area (Å²) in [5.41, 5.74) is 1.27. The van der Waals surface area contributed by atoms with Crippen LogP contribution in [0.2, 0.25) is 0 Å². The average molecular weight is 478 g/mol. The quantitative estimate of drug-likeness (QED) is 0.462. The van der Waals surface area contributed by atoms with Crippen LogP contribution in [0.4, 0.5) is 0 Å². The lowest BCUT2D eigenvalue weighted by Gasteiger charge is -2.26. The zero-order valence-corrected chi connectivity index (χ0v) is 20.5. The lowest BCUT2D eigenvalue weighted by atomic mass is 9.80. The molecule has 0 bridgehead atoms. The summed E-state index contributed by atoms with van der Waals surface area (Å²) in [4.78, 5) is 41.9. The highest BCUT2D eigenvalue weighted by Crippen LogP contribution is 2.32. The van der Waals surface area contributed by atoms with Gasteiger partial charge >= 0.3 is 0 Å². The molecule has 2 saturated carbocycles. The van der Waals surface area contributed by atoms with Crippen LogP contribution in [0.15, 0.2) is 24.3 Å². The molecule has 0 saturated heterocycles. The van der Waals surface area contributed by atoms with Gasteiger partial charge in [-0.3, -0.25) is 14.4 Å². The number of Topliss-reactive ketones (excluding diaryl/α,β-unsaturated/α-hetero) is 2. The summed E-state index contributed by atoms with van der Waals surface area (Å²) in [5.74, 6) is 0.240. The molecule has 2 aliphatic carbocycles. The SMILES string of the molecule is COc1cccc2[nH]c(C(=O)C[C@@H](CC3CCCCC3)C(=O)N[C@H](C#N)C[C@@H]3CCCC3=O)cc12. The summed E-state index contributed by atoms with van der Waals surface area (Å²) in [6.07, 6.45) is 8.93. The fourth-order valence-electron chi connectivity index (χ4n) is 5.75. The van der Waals surface area contributed by atoms with Gasteiger partial charge in [0.25, 0.3) is 0 Å². The summed E-state index contributed by atoms with van der Waals surface area (Å²) in [6.45, 7) is 0. The molecule has 1 aromatic heterocycles. The fraction of sp³-hybridized carbons (Fsp3) is 0.571. The van der Waals surface area contributed by atoms with E-state index >= 15 is 0 Å². The molecule has 0 aliphatic heterocycles. The lowest BCUT2D eigenvalue weighted by molar-refractivity contribution is -0.126. The molecule has 1 heterocycles. The molecule has 2 fully saturated rings. The smallest absolute Gasteiger partial charge is 0.224 e. The Morgan fingerprint density at radius 3 is 2.66 bits per heavy atom. The van der Waals surface area contributed by atoms with Crippen LogP contribution < -0.4 is 10.1 Å². The highest BCUT2D eigenvalue weighted by molar-refractivity contribution is 6.02. The minimum atomic E-state index is -0.712. The number of nitrogens with zero attached hydrogens (tertiary/aromatic N) is 1. The third kappa shape index (κ3) is 6.11. The third-order valence-corrected chi connectivity index (χ3v) is 7.71. The Bertz CT molecular complexity index is 1110. The van der Waals surface area contributed by atoms with Gasteiger partial charge in [-0.2, -0.15) is 5.26 Å². The van der Waals surface area contributed by atoms with Crippen molar-refractivity contribution in [2.45, 2.75) is 76.7 Å². The van der Waals surface area contributed by atoms with Crippen molar-refractivity contribution in [2.75, 3.05) is 7.11 Å². The summed E-state index contributed by atoms with van der Waals surface area (Å²) in [6, 6.07) is 8.84. The van der Waals surface area contributed by atoms with Crippen molar-refractivity contribution in [1.82, 2.24) is 10.3 Å². The predicted molar refractivity (Wildman–Crippen MR) is 133 cm³/mol. The Morgan fingerprint density at radius 1 is 1.17 bits per heavy atom. The zero-order chi connectivity index (χ0) is 24.8. The fourth-order valence-corrected chi connectivity index (χ4v) is 5.75. The number of methoxy groups -OCH3 is 1. The molecule has 3 atom stereocenters. The van der Waals surface area contributed by atoms with E-state index in [0.29, 0.717) is 36.6 Å². The number of aromatic amines is 1. The number of aromatic nitrogens is 1. The third-order valence-electron chi connectivity index (χ3n) is 7.71. The molecular formula is C28H35N3O4. The van der Waals surface area contributed by atoms with Crippen LogP contribution in [0.3, 0.4) is 0 Å². The molecule has 4 rings (SSSR count). The van der Waals surface area contributed by atoms with Gasteiger partial charge in [0, 0.05) is 35.6 Å². The van der Waals surface area contributed by atoms with Crippen LogP contribution in [-0.2, 0) is 9.59 Å². The van der Waals surface area contributed by atoms with Gasteiger partial charge < -0.3 is 15.0 Å². The highest BCUT2D eigenvalue weighted by Gasteiger charge is 2.32. The standard InChI is InChI=1S/C28H35N3O4/c1-35-27-12-6-10-23-22(27)16-24(31-23)26(33)15-20(13-18-7-3-2-4-8-18)28(34)30-21(17-29)14-19-9-5-11-25(19)32/h6,10,12,16,18-21,31H,2-5,7-9,11,13-15H2,1H3,(H,30,34)/t19-,20+,21-/m0/s1. The minimum Gasteiger partial charge on any atom is -0.496 e. The molecule has 0 spiro atoms. The van der Waals surface area contributed by atoms with E-state index in [4.69, 9.17) is 4.74 Å². The predicted octanol–water partition coefficient (Wildman–Crippen LogP) is 5.10. The van der Waals surface area contributed by atoms with E-state index in [9.17, 15) is 19.6 Å². The Morgan fingerprint density at radius 2 is 1.97 bits per heavy atom. The number of carbonyl (C=O) groups excluding carboxylic acids is 3. The number of hydrogen-bond donors (Lipinski definition) is 2. The van der Waals surface area contributed by atoms with Crippen molar-refractivity contribution in [1.29, 1.82) is 5.26 Å². The van der Waals surface area contributed by atoms with Gasteiger partial charge in [0.05, 0.1) is 18.9 Å². The number of nitriles is 1. The molecule has 0 unspecified atom stereocenters. The van der Waals surface area contributed by atoms with E-state index in [0.717, 1.165) is 49.4 Å². The second kappa shape index (κ2) is 11.5. The van der Waals surface area contributed by atoms with Crippen LogP contribution >= 0.6 is 0 Å². The molecule has 35 heavy (non-hydrogen) atoms. The number of amides is 1. The van der Waals surface area contributed by atoms with Gasteiger partial charge in [-0.1, -0.05) is 38.2 Å². The van der Waals surface area contributed by atoms with Gasteiger partial charge in [0.15, 0.2) is 5.78 Å². The van der Waals surface area contributed by atoms with E-state index in [2.05, 4.69) is 16.4 Å². The van der Waals surface area contributed by atoms with Crippen LogP contribution in [0.1, 0.15) is 81.1 Å². The number of carbonyl (C=O) groups is 3. The van der Waals surface area contributed by atoms with Crippen LogP contribution in [0.25, 0.3) is 10.9 Å². The number of ether oxygens (including phenoxy) is 1. The van der Waals surface area contributed by atoms with E-state index in [1.165, 1.54) is 6.42 Å². The van der Waals surface area contributed by atoms with Crippen molar-refractivity contribution in [2.24, 2.45) is 17.8 Å². The average Bonchev–Trinajstić information content (AvgIpc) is 3.49. The Balaban J connectivity index is 1.48. The van der Waals surface area contributed by atoms with Gasteiger partial charge in [0.1, 0.15) is 17.6 Å². The summed E-state index contributed by atoms with van der Waals surface area (Å²) in [5, 5.41) is 13.4. The topological polar surface area (TPSA) is 112 Å². The monoisotopic (exact) mass is 477 g/mol. The maximum Gasteiger partial charge on any atom is 0.224 e. The normalized spacial score (nSPS) is 20.3. The van der Waals surface area contributed by atoms with E-state index < -0.39 is 12.0 Å². The molecule has 1 amide bonds. The van der Waals surface area contributed by atoms with E-state index in [1.807, 2.05) is 18.2 Å². The largest absolute Gasteiger partial charge is 0.496 e. The second-order valence-corrected chi connectivity index (χ2v) is 10.1. The molecule has 7 heteroatoms. The Hall–Kier alpha value is -3.14. The number of benzene rings is 1. The number of H-pyrrole nitrogens is 1. The molecule has 0 radical (unpaired) electrons. The number of ketones is 2. The summed E-state index contributed by atoms with van der Waals surface area (Å²) in [7, 11) is 1.60. The zero-order valence-electron chi connectivity index (χ0n) is 20.5. The number of fused-ring (bicyclic) bond motifs is 1. The van der Waals surface area contributed by atoms with Crippen molar-refractivity contribution < 1.29 is 19.1 Å². The number of rotatable bonds is 10. The van der Waals surface area contributed by atoms with Crippen molar-refractivity contribution in [3.63, 3.8) is 0 Å².